The number of carboxylic acids is 1. The Morgan fingerprint density at radius 2 is 2.24 bits per heavy atom. The summed E-state index contributed by atoms with van der Waals surface area (Å²) < 4.78 is 18.8. The normalized spacial score (nSPS) is 17.3. The molecular weight excluding hydrogens is 273 g/mol. The lowest BCUT2D eigenvalue weighted by Crippen LogP contribution is -2.50. The van der Waals surface area contributed by atoms with Crippen molar-refractivity contribution in [2.75, 3.05) is 6.61 Å². The van der Waals surface area contributed by atoms with Gasteiger partial charge < -0.3 is 9.84 Å². The summed E-state index contributed by atoms with van der Waals surface area (Å²) in [5.74, 6) is -0.653. The highest BCUT2D eigenvalue weighted by Gasteiger charge is 2.37. The summed E-state index contributed by atoms with van der Waals surface area (Å²) in [4.78, 5) is 11.4. The SMILES string of the molecule is Cc1ccc(OCCCC(C)(NC2CC2)C(=O)O)cc1F. The standard InChI is InChI=1S/C16H22FNO3/c1-11-4-7-13(10-14(11)17)21-9-3-8-16(2,15(19)20)18-12-5-6-12/h4,7,10,12,18H,3,5-6,8-9H2,1-2H3,(H,19,20). The highest BCUT2D eigenvalue weighted by molar-refractivity contribution is 5.78. The van der Waals surface area contributed by atoms with Crippen molar-refractivity contribution in [3.05, 3.63) is 29.6 Å². The van der Waals surface area contributed by atoms with E-state index >= 15 is 0 Å². The lowest BCUT2D eigenvalue weighted by atomic mass is 9.96. The summed E-state index contributed by atoms with van der Waals surface area (Å²) in [6.07, 6.45) is 3.16. The minimum atomic E-state index is -0.914. The Morgan fingerprint density at radius 1 is 1.52 bits per heavy atom. The zero-order chi connectivity index (χ0) is 15.5. The first kappa shape index (κ1) is 15.8. The third kappa shape index (κ3) is 4.43. The van der Waals surface area contributed by atoms with Crippen LogP contribution >= 0.6 is 0 Å². The molecule has 1 aliphatic carbocycles. The molecule has 1 aliphatic rings. The van der Waals surface area contributed by atoms with Crippen molar-refractivity contribution < 1.29 is 19.0 Å². The van der Waals surface area contributed by atoms with Gasteiger partial charge in [0.1, 0.15) is 17.1 Å². The second-order valence-electron chi connectivity index (χ2n) is 5.92. The molecule has 0 bridgehead atoms. The average Bonchev–Trinajstić information content (AvgIpc) is 3.22. The van der Waals surface area contributed by atoms with Gasteiger partial charge in [0.25, 0.3) is 0 Å². The third-order valence-electron chi connectivity index (χ3n) is 3.81. The van der Waals surface area contributed by atoms with E-state index in [-0.39, 0.29) is 5.82 Å². The first-order valence-electron chi connectivity index (χ1n) is 7.31. The Hall–Kier alpha value is -1.62. The van der Waals surface area contributed by atoms with Crippen molar-refractivity contribution in [2.45, 2.75) is 51.1 Å². The van der Waals surface area contributed by atoms with E-state index in [0.717, 1.165) is 12.8 Å². The molecule has 116 valence electrons. The summed E-state index contributed by atoms with van der Waals surface area (Å²) in [7, 11) is 0. The molecule has 4 nitrogen and oxygen atoms in total. The maximum absolute atomic E-state index is 13.4. The third-order valence-corrected chi connectivity index (χ3v) is 3.81. The maximum atomic E-state index is 13.4. The first-order valence-corrected chi connectivity index (χ1v) is 7.31. The molecule has 2 N–H and O–H groups in total. The van der Waals surface area contributed by atoms with E-state index in [1.807, 2.05) is 0 Å². The number of aliphatic carboxylic acids is 1. The van der Waals surface area contributed by atoms with Gasteiger partial charge in [-0.1, -0.05) is 6.07 Å². The highest BCUT2D eigenvalue weighted by Crippen LogP contribution is 2.25. The Morgan fingerprint density at radius 3 is 2.81 bits per heavy atom. The molecular formula is C16H22FNO3. The number of rotatable bonds is 8. The Balaban J connectivity index is 1.79. The van der Waals surface area contributed by atoms with Gasteiger partial charge in [-0.15, -0.1) is 0 Å². The average molecular weight is 295 g/mol. The van der Waals surface area contributed by atoms with Crippen LogP contribution in [-0.2, 0) is 4.79 Å². The summed E-state index contributed by atoms with van der Waals surface area (Å²) in [5.41, 5.74) is -0.335. The molecule has 1 fully saturated rings. The van der Waals surface area contributed by atoms with Crippen LogP contribution in [0.5, 0.6) is 5.75 Å². The van der Waals surface area contributed by atoms with Crippen LogP contribution in [0.4, 0.5) is 4.39 Å². The van der Waals surface area contributed by atoms with Crippen molar-refractivity contribution in [1.82, 2.24) is 5.32 Å². The summed E-state index contributed by atoms with van der Waals surface area (Å²) in [5, 5.41) is 12.5. The number of carbonyl (C=O) groups is 1. The number of benzene rings is 1. The summed E-state index contributed by atoms with van der Waals surface area (Å²) in [6, 6.07) is 5.07. The fourth-order valence-electron chi connectivity index (χ4n) is 2.20. The predicted molar refractivity (Wildman–Crippen MR) is 78.1 cm³/mol. The van der Waals surface area contributed by atoms with E-state index in [1.54, 1.807) is 26.0 Å². The number of hydrogen-bond donors (Lipinski definition) is 2. The maximum Gasteiger partial charge on any atom is 0.323 e. The fourth-order valence-corrected chi connectivity index (χ4v) is 2.20. The molecule has 0 aliphatic heterocycles. The Kier molecular flexibility index (Phi) is 4.83. The number of halogens is 1. The van der Waals surface area contributed by atoms with E-state index in [1.165, 1.54) is 6.07 Å². The van der Waals surface area contributed by atoms with Crippen molar-refractivity contribution in [3.63, 3.8) is 0 Å². The molecule has 1 aromatic carbocycles. The van der Waals surface area contributed by atoms with Gasteiger partial charge >= 0.3 is 5.97 Å². The number of hydrogen-bond acceptors (Lipinski definition) is 3. The lowest BCUT2D eigenvalue weighted by Gasteiger charge is -2.26. The molecule has 5 heteroatoms. The van der Waals surface area contributed by atoms with Crippen LogP contribution < -0.4 is 10.1 Å². The molecule has 0 aromatic heterocycles. The van der Waals surface area contributed by atoms with Crippen molar-refractivity contribution in [1.29, 1.82) is 0 Å². The van der Waals surface area contributed by atoms with Gasteiger partial charge in [-0.05, 0) is 51.2 Å². The molecule has 0 radical (unpaired) electrons. The molecule has 1 atom stereocenters. The minimum absolute atomic E-state index is 0.293. The minimum Gasteiger partial charge on any atom is -0.493 e. The second-order valence-corrected chi connectivity index (χ2v) is 5.92. The van der Waals surface area contributed by atoms with Crippen LogP contribution in [-0.4, -0.2) is 29.3 Å². The number of carboxylic acid groups (broad SMARTS) is 1. The van der Waals surface area contributed by atoms with Crippen LogP contribution in [0.15, 0.2) is 18.2 Å². The number of ether oxygens (including phenoxy) is 1. The van der Waals surface area contributed by atoms with Crippen LogP contribution in [0, 0.1) is 12.7 Å². The van der Waals surface area contributed by atoms with Crippen LogP contribution in [0.3, 0.4) is 0 Å². The van der Waals surface area contributed by atoms with Gasteiger partial charge in [0.05, 0.1) is 6.61 Å². The topological polar surface area (TPSA) is 58.6 Å². The molecule has 0 amide bonds. The van der Waals surface area contributed by atoms with Crippen LogP contribution in [0.2, 0.25) is 0 Å². The molecule has 2 rings (SSSR count). The van der Waals surface area contributed by atoms with Crippen molar-refractivity contribution in [2.24, 2.45) is 0 Å². The zero-order valence-corrected chi connectivity index (χ0v) is 12.5. The van der Waals surface area contributed by atoms with E-state index in [2.05, 4.69) is 5.32 Å². The first-order chi connectivity index (χ1) is 9.90. The highest BCUT2D eigenvalue weighted by atomic mass is 19.1. The molecule has 1 saturated carbocycles. The second kappa shape index (κ2) is 6.43. The van der Waals surface area contributed by atoms with Gasteiger partial charge in [0, 0.05) is 12.1 Å². The molecule has 0 saturated heterocycles. The van der Waals surface area contributed by atoms with Crippen molar-refractivity contribution >= 4 is 5.97 Å². The molecule has 0 spiro atoms. The van der Waals surface area contributed by atoms with E-state index < -0.39 is 11.5 Å². The van der Waals surface area contributed by atoms with Gasteiger partial charge in [0.2, 0.25) is 0 Å². The molecule has 0 heterocycles. The van der Waals surface area contributed by atoms with Gasteiger partial charge in [0.15, 0.2) is 0 Å². The number of nitrogens with one attached hydrogen (secondary N) is 1. The van der Waals surface area contributed by atoms with E-state index in [4.69, 9.17) is 4.74 Å². The zero-order valence-electron chi connectivity index (χ0n) is 12.5. The predicted octanol–water partition coefficient (Wildman–Crippen LogP) is 2.89. The Labute approximate surface area is 124 Å². The van der Waals surface area contributed by atoms with E-state index in [9.17, 15) is 14.3 Å². The smallest absolute Gasteiger partial charge is 0.323 e. The monoisotopic (exact) mass is 295 g/mol. The van der Waals surface area contributed by atoms with E-state index in [0.29, 0.717) is 36.8 Å². The molecule has 1 aromatic rings. The quantitative estimate of drug-likeness (QED) is 0.724. The summed E-state index contributed by atoms with van der Waals surface area (Å²) >= 11 is 0. The van der Waals surface area contributed by atoms with Gasteiger partial charge in [-0.3, -0.25) is 10.1 Å². The fraction of sp³-hybridized carbons (Fsp3) is 0.562. The Bertz CT molecular complexity index is 516. The molecule has 21 heavy (non-hydrogen) atoms. The van der Waals surface area contributed by atoms with Crippen molar-refractivity contribution in [3.8, 4) is 5.75 Å². The summed E-state index contributed by atoms with van der Waals surface area (Å²) in [6.45, 7) is 3.78. The van der Waals surface area contributed by atoms with Gasteiger partial charge in [-0.25, -0.2) is 4.39 Å². The lowest BCUT2D eigenvalue weighted by molar-refractivity contribution is -0.144. The largest absolute Gasteiger partial charge is 0.493 e. The van der Waals surface area contributed by atoms with Crippen LogP contribution in [0.1, 0.15) is 38.2 Å². The number of aryl methyl sites for hydroxylation is 1. The molecule has 1 unspecified atom stereocenters. The van der Waals surface area contributed by atoms with Crippen LogP contribution in [0.25, 0.3) is 0 Å². The van der Waals surface area contributed by atoms with Gasteiger partial charge in [-0.2, -0.15) is 0 Å².